The third-order valence-corrected chi connectivity index (χ3v) is 3.37. The van der Waals surface area contributed by atoms with E-state index >= 15 is 0 Å². The highest BCUT2D eigenvalue weighted by molar-refractivity contribution is 7.81. The average Bonchev–Trinajstić information content (AvgIpc) is 2.27. The molecule has 0 saturated heterocycles. The van der Waals surface area contributed by atoms with E-state index in [0.717, 1.165) is 5.56 Å². The van der Waals surface area contributed by atoms with E-state index in [1.165, 1.54) is 0 Å². The number of halogens is 2. The summed E-state index contributed by atoms with van der Waals surface area (Å²) in [6, 6.07) is 3.49. The van der Waals surface area contributed by atoms with Crippen molar-refractivity contribution >= 4 is 47.6 Å². The summed E-state index contributed by atoms with van der Waals surface area (Å²) in [7, 11) is 0. The molecule has 0 unspecified atom stereocenters. The molecule has 0 saturated carbocycles. The summed E-state index contributed by atoms with van der Waals surface area (Å²) in [4.78, 5) is 11.8. The Hall–Kier alpha value is -0.580. The molecule has 0 radical (unpaired) electrons. The number of amides is 1. The van der Waals surface area contributed by atoms with E-state index < -0.39 is 5.41 Å². The first-order valence-corrected chi connectivity index (χ1v) is 6.63. The lowest BCUT2D eigenvalue weighted by molar-refractivity contribution is -0.128. The summed E-state index contributed by atoms with van der Waals surface area (Å²) >= 11 is 16.1. The standard InChI is InChI=1S/C12H16Cl2N2OS/c1-12(2,3)11(17)15-6-7-4-5-8(13)10(16-18)9(7)14/h4-5,16,18H,6H2,1-3H3,(H,15,17). The van der Waals surface area contributed by atoms with Gasteiger partial charge < -0.3 is 10.0 Å². The summed E-state index contributed by atoms with van der Waals surface area (Å²) in [6.45, 7) is 5.92. The lowest BCUT2D eigenvalue weighted by atomic mass is 9.95. The molecule has 0 bridgehead atoms. The van der Waals surface area contributed by atoms with Crippen LogP contribution in [-0.2, 0) is 11.3 Å². The molecule has 2 N–H and O–H groups in total. The van der Waals surface area contributed by atoms with E-state index in [1.54, 1.807) is 12.1 Å². The third-order valence-electron chi connectivity index (χ3n) is 2.40. The Morgan fingerprint density at radius 1 is 1.33 bits per heavy atom. The van der Waals surface area contributed by atoms with Gasteiger partial charge in [-0.2, -0.15) is 0 Å². The number of benzene rings is 1. The number of hydrogen-bond donors (Lipinski definition) is 3. The highest BCUT2D eigenvalue weighted by Gasteiger charge is 2.21. The molecular weight excluding hydrogens is 291 g/mol. The topological polar surface area (TPSA) is 41.1 Å². The quantitative estimate of drug-likeness (QED) is 0.741. The molecule has 18 heavy (non-hydrogen) atoms. The van der Waals surface area contributed by atoms with Crippen molar-refractivity contribution in [2.45, 2.75) is 27.3 Å². The van der Waals surface area contributed by atoms with Crippen LogP contribution in [-0.4, -0.2) is 5.91 Å². The number of carbonyl (C=O) groups excluding carboxylic acids is 1. The number of carbonyl (C=O) groups is 1. The van der Waals surface area contributed by atoms with Crippen LogP contribution in [0.5, 0.6) is 0 Å². The second-order valence-electron chi connectivity index (χ2n) is 4.94. The van der Waals surface area contributed by atoms with Crippen molar-refractivity contribution in [2.24, 2.45) is 5.41 Å². The number of rotatable bonds is 3. The van der Waals surface area contributed by atoms with Gasteiger partial charge in [-0.15, -0.1) is 0 Å². The van der Waals surface area contributed by atoms with Crippen LogP contribution < -0.4 is 10.0 Å². The molecule has 0 aliphatic carbocycles. The molecule has 0 heterocycles. The molecule has 0 aliphatic rings. The summed E-state index contributed by atoms with van der Waals surface area (Å²) in [6.07, 6.45) is 0. The monoisotopic (exact) mass is 306 g/mol. The summed E-state index contributed by atoms with van der Waals surface area (Å²) in [5, 5.41) is 3.78. The maximum absolute atomic E-state index is 11.8. The highest BCUT2D eigenvalue weighted by Crippen LogP contribution is 2.33. The molecule has 0 aliphatic heterocycles. The molecule has 0 aromatic heterocycles. The molecule has 1 amide bonds. The van der Waals surface area contributed by atoms with E-state index in [4.69, 9.17) is 23.2 Å². The van der Waals surface area contributed by atoms with E-state index in [9.17, 15) is 4.79 Å². The van der Waals surface area contributed by atoms with Gasteiger partial charge in [0.25, 0.3) is 0 Å². The highest BCUT2D eigenvalue weighted by atomic mass is 35.5. The molecule has 0 spiro atoms. The minimum Gasteiger partial charge on any atom is -0.352 e. The van der Waals surface area contributed by atoms with Crippen LogP contribution in [0.2, 0.25) is 10.0 Å². The zero-order valence-electron chi connectivity index (χ0n) is 10.5. The SMILES string of the molecule is CC(C)(C)C(=O)NCc1ccc(Cl)c(NS)c1Cl. The maximum Gasteiger partial charge on any atom is 0.225 e. The summed E-state index contributed by atoms with van der Waals surface area (Å²) in [5.41, 5.74) is 0.906. The van der Waals surface area contributed by atoms with Crippen molar-refractivity contribution in [3.05, 3.63) is 27.7 Å². The first kappa shape index (κ1) is 15.5. The first-order valence-electron chi connectivity index (χ1n) is 5.42. The Kier molecular flexibility index (Phi) is 5.20. The van der Waals surface area contributed by atoms with Gasteiger partial charge in [-0.1, -0.05) is 62.9 Å². The fourth-order valence-corrected chi connectivity index (χ4v) is 2.17. The lowest BCUT2D eigenvalue weighted by Crippen LogP contribution is -2.34. The van der Waals surface area contributed by atoms with Crippen molar-refractivity contribution in [1.29, 1.82) is 0 Å². The normalized spacial score (nSPS) is 11.2. The lowest BCUT2D eigenvalue weighted by Gasteiger charge is -2.18. The Bertz CT molecular complexity index is 458. The van der Waals surface area contributed by atoms with E-state index in [0.29, 0.717) is 22.3 Å². The van der Waals surface area contributed by atoms with E-state index in [2.05, 4.69) is 22.9 Å². The van der Waals surface area contributed by atoms with Crippen molar-refractivity contribution < 1.29 is 4.79 Å². The molecule has 100 valence electrons. The second-order valence-corrected chi connectivity index (χ2v) is 5.95. The Morgan fingerprint density at radius 3 is 2.44 bits per heavy atom. The second kappa shape index (κ2) is 6.04. The van der Waals surface area contributed by atoms with Gasteiger partial charge in [0.15, 0.2) is 0 Å². The number of hydrogen-bond acceptors (Lipinski definition) is 3. The van der Waals surface area contributed by atoms with Crippen LogP contribution in [0.3, 0.4) is 0 Å². The van der Waals surface area contributed by atoms with E-state index in [-0.39, 0.29) is 5.91 Å². The fraction of sp³-hybridized carbons (Fsp3) is 0.417. The van der Waals surface area contributed by atoms with Crippen LogP contribution in [0, 0.1) is 5.41 Å². The van der Waals surface area contributed by atoms with E-state index in [1.807, 2.05) is 20.8 Å². The largest absolute Gasteiger partial charge is 0.352 e. The average molecular weight is 307 g/mol. The minimum absolute atomic E-state index is 0.0334. The Morgan fingerprint density at radius 2 is 1.94 bits per heavy atom. The number of thiol groups is 1. The van der Waals surface area contributed by atoms with Crippen LogP contribution >= 0.6 is 36.0 Å². The summed E-state index contributed by atoms with van der Waals surface area (Å²) < 4.78 is 2.64. The predicted molar refractivity (Wildman–Crippen MR) is 80.4 cm³/mol. The van der Waals surface area contributed by atoms with Gasteiger partial charge >= 0.3 is 0 Å². The van der Waals surface area contributed by atoms with Gasteiger partial charge in [-0.05, 0) is 11.6 Å². The van der Waals surface area contributed by atoms with Gasteiger partial charge in [0, 0.05) is 12.0 Å². The number of nitrogens with one attached hydrogen (secondary N) is 2. The van der Waals surface area contributed by atoms with Crippen LogP contribution in [0.15, 0.2) is 12.1 Å². The van der Waals surface area contributed by atoms with Gasteiger partial charge in [0.1, 0.15) is 0 Å². The van der Waals surface area contributed by atoms with Gasteiger partial charge in [-0.3, -0.25) is 4.79 Å². The zero-order valence-corrected chi connectivity index (χ0v) is 12.9. The molecule has 6 heteroatoms. The molecule has 1 aromatic carbocycles. The Balaban J connectivity index is 2.84. The van der Waals surface area contributed by atoms with Crippen molar-refractivity contribution in [3.63, 3.8) is 0 Å². The predicted octanol–water partition coefficient (Wildman–Crippen LogP) is 3.91. The molecule has 1 rings (SSSR count). The molecule has 3 nitrogen and oxygen atoms in total. The van der Waals surface area contributed by atoms with Crippen LogP contribution in [0.4, 0.5) is 5.69 Å². The van der Waals surface area contributed by atoms with Crippen molar-refractivity contribution in [3.8, 4) is 0 Å². The molecule has 1 aromatic rings. The van der Waals surface area contributed by atoms with Crippen molar-refractivity contribution in [1.82, 2.24) is 5.32 Å². The van der Waals surface area contributed by atoms with Crippen LogP contribution in [0.25, 0.3) is 0 Å². The first-order chi connectivity index (χ1) is 8.27. The fourth-order valence-electron chi connectivity index (χ4n) is 1.28. The van der Waals surface area contributed by atoms with Gasteiger partial charge in [0.2, 0.25) is 5.91 Å². The zero-order chi connectivity index (χ0) is 13.9. The smallest absolute Gasteiger partial charge is 0.225 e. The van der Waals surface area contributed by atoms with Crippen LogP contribution in [0.1, 0.15) is 26.3 Å². The van der Waals surface area contributed by atoms with Crippen molar-refractivity contribution in [2.75, 3.05) is 4.72 Å². The molecular formula is C12H16Cl2N2OS. The Labute approximate surface area is 123 Å². The molecule has 0 atom stereocenters. The third kappa shape index (κ3) is 3.70. The van der Waals surface area contributed by atoms with Gasteiger partial charge in [0.05, 0.1) is 15.7 Å². The minimum atomic E-state index is -0.427. The summed E-state index contributed by atoms with van der Waals surface area (Å²) in [5.74, 6) is -0.0334. The molecule has 0 fully saturated rings. The number of anilines is 1. The maximum atomic E-state index is 11.8. The van der Waals surface area contributed by atoms with Gasteiger partial charge in [-0.25, -0.2) is 0 Å².